The molecule has 0 bridgehead atoms. The molecule has 4 rings (SSSR count). The predicted molar refractivity (Wildman–Crippen MR) is 140 cm³/mol. The molecular formula is C29H30N2O6. The van der Waals surface area contributed by atoms with Crippen LogP contribution in [0, 0.1) is 0 Å². The van der Waals surface area contributed by atoms with Crippen LogP contribution in [0.1, 0.15) is 12.5 Å². The van der Waals surface area contributed by atoms with Crippen LogP contribution in [-0.2, 0) is 11.2 Å². The van der Waals surface area contributed by atoms with Crippen molar-refractivity contribution in [3.63, 3.8) is 0 Å². The number of carbonyl (C=O) groups excluding carboxylic acids is 1. The zero-order valence-electron chi connectivity index (χ0n) is 20.5. The summed E-state index contributed by atoms with van der Waals surface area (Å²) in [7, 11) is 0. The van der Waals surface area contributed by atoms with Gasteiger partial charge >= 0.3 is 5.97 Å². The molecule has 0 fully saturated rings. The van der Waals surface area contributed by atoms with Gasteiger partial charge in [0.05, 0.1) is 12.1 Å². The minimum absolute atomic E-state index is 0.0666. The Balaban J connectivity index is 1.31. The van der Waals surface area contributed by atoms with Crippen molar-refractivity contribution < 1.29 is 29.2 Å². The monoisotopic (exact) mass is 502 g/mol. The summed E-state index contributed by atoms with van der Waals surface area (Å²) in [6.07, 6.45) is 1.52. The highest BCUT2D eigenvalue weighted by atomic mass is 16.5. The Kier molecular flexibility index (Phi) is 9.04. The Morgan fingerprint density at radius 1 is 0.973 bits per heavy atom. The van der Waals surface area contributed by atoms with E-state index in [1.165, 1.54) is 6.92 Å². The van der Waals surface area contributed by atoms with Gasteiger partial charge in [0.25, 0.3) is 0 Å². The summed E-state index contributed by atoms with van der Waals surface area (Å²) in [4.78, 5) is 15.5. The number of esters is 1. The number of hydrogen-bond donors (Lipinski definition) is 3. The molecule has 0 aliphatic carbocycles. The van der Waals surface area contributed by atoms with Crippen LogP contribution >= 0.6 is 0 Å². The van der Waals surface area contributed by atoms with Crippen molar-refractivity contribution in [1.82, 2.24) is 10.3 Å². The second-order valence-electron chi connectivity index (χ2n) is 8.60. The van der Waals surface area contributed by atoms with E-state index in [4.69, 9.17) is 14.2 Å². The fourth-order valence-corrected chi connectivity index (χ4v) is 3.80. The summed E-state index contributed by atoms with van der Waals surface area (Å²) in [5, 5.41) is 24.0. The number of fused-ring (bicyclic) bond motifs is 1. The molecule has 3 N–H and O–H groups in total. The minimum atomic E-state index is -0.703. The van der Waals surface area contributed by atoms with E-state index in [2.05, 4.69) is 10.3 Å². The van der Waals surface area contributed by atoms with Crippen molar-refractivity contribution >= 4 is 16.9 Å². The SMILES string of the molecule is CC(=O)Oc1ccc2c(Oc3ccc(C[C@@H](CO)NC[C@H](O)COc4ccccc4)cc3)ccnc2c1. The lowest BCUT2D eigenvalue weighted by Crippen LogP contribution is -2.41. The quantitative estimate of drug-likeness (QED) is 0.198. The first-order valence-corrected chi connectivity index (χ1v) is 12.0. The number of nitrogens with zero attached hydrogens (tertiary/aromatic N) is 1. The van der Waals surface area contributed by atoms with Crippen LogP contribution in [0.2, 0.25) is 0 Å². The van der Waals surface area contributed by atoms with Crippen molar-refractivity contribution in [1.29, 1.82) is 0 Å². The molecule has 0 unspecified atom stereocenters. The molecular weight excluding hydrogens is 472 g/mol. The van der Waals surface area contributed by atoms with Crippen molar-refractivity contribution in [2.24, 2.45) is 0 Å². The Bertz CT molecular complexity index is 1300. The average Bonchev–Trinajstić information content (AvgIpc) is 2.91. The molecule has 37 heavy (non-hydrogen) atoms. The minimum Gasteiger partial charge on any atom is -0.491 e. The van der Waals surface area contributed by atoms with Crippen LogP contribution in [0.25, 0.3) is 10.9 Å². The third-order valence-electron chi connectivity index (χ3n) is 5.62. The van der Waals surface area contributed by atoms with E-state index in [-0.39, 0.29) is 19.3 Å². The average molecular weight is 503 g/mol. The van der Waals surface area contributed by atoms with E-state index in [1.54, 1.807) is 30.5 Å². The number of carbonyl (C=O) groups is 1. The zero-order chi connectivity index (χ0) is 26.0. The number of rotatable bonds is 12. The second kappa shape index (κ2) is 12.8. The van der Waals surface area contributed by atoms with Crippen LogP contribution in [0.5, 0.6) is 23.0 Å². The Morgan fingerprint density at radius 3 is 2.46 bits per heavy atom. The molecule has 0 aliphatic heterocycles. The second-order valence-corrected chi connectivity index (χ2v) is 8.60. The summed E-state index contributed by atoms with van der Waals surface area (Å²) in [5.74, 6) is 2.03. The number of aromatic nitrogens is 1. The van der Waals surface area contributed by atoms with Gasteiger partial charge in [-0.2, -0.15) is 0 Å². The first-order valence-electron chi connectivity index (χ1n) is 12.0. The first kappa shape index (κ1) is 26.1. The van der Waals surface area contributed by atoms with Gasteiger partial charge in [-0.15, -0.1) is 0 Å². The number of nitrogens with one attached hydrogen (secondary N) is 1. The van der Waals surface area contributed by atoms with Crippen molar-refractivity contribution in [2.75, 3.05) is 19.8 Å². The van der Waals surface area contributed by atoms with Gasteiger partial charge in [-0.1, -0.05) is 30.3 Å². The summed E-state index contributed by atoms with van der Waals surface area (Å²) < 4.78 is 16.8. The standard InChI is InChI=1S/C29H30N2O6/c1-20(33)36-26-11-12-27-28(16-26)30-14-13-29(27)37-25-9-7-21(8-10-25)15-22(18-32)31-17-23(34)19-35-24-5-3-2-4-6-24/h2-14,16,22-23,31-32,34H,15,17-19H2,1H3/t22-,23-/m0/s1. The molecule has 1 aromatic heterocycles. The van der Waals surface area contributed by atoms with Gasteiger partial charge in [-0.05, 0) is 54.4 Å². The van der Waals surface area contributed by atoms with Gasteiger partial charge in [0.15, 0.2) is 0 Å². The van der Waals surface area contributed by atoms with Crippen LogP contribution in [0.4, 0.5) is 0 Å². The maximum absolute atomic E-state index is 11.2. The van der Waals surface area contributed by atoms with Crippen LogP contribution in [0.15, 0.2) is 85.1 Å². The van der Waals surface area contributed by atoms with E-state index in [1.807, 2.05) is 54.6 Å². The summed E-state index contributed by atoms with van der Waals surface area (Å²) in [6, 6.07) is 23.7. The number of hydrogen-bond acceptors (Lipinski definition) is 8. The smallest absolute Gasteiger partial charge is 0.308 e. The third-order valence-corrected chi connectivity index (χ3v) is 5.62. The number of aliphatic hydroxyl groups is 2. The number of ether oxygens (including phenoxy) is 3. The fourth-order valence-electron chi connectivity index (χ4n) is 3.80. The van der Waals surface area contributed by atoms with Crippen molar-refractivity contribution in [3.05, 3.63) is 90.6 Å². The molecule has 0 aliphatic rings. The van der Waals surface area contributed by atoms with E-state index in [9.17, 15) is 15.0 Å². The summed E-state index contributed by atoms with van der Waals surface area (Å²) in [5.41, 5.74) is 1.67. The Labute approximate surface area is 215 Å². The van der Waals surface area contributed by atoms with Crippen LogP contribution < -0.4 is 19.5 Å². The molecule has 4 aromatic rings. The number of aliphatic hydroxyl groups excluding tert-OH is 2. The topological polar surface area (TPSA) is 110 Å². The molecule has 3 aromatic carbocycles. The highest BCUT2D eigenvalue weighted by Crippen LogP contribution is 2.31. The maximum Gasteiger partial charge on any atom is 0.308 e. The number of para-hydroxylation sites is 1. The molecule has 0 saturated heterocycles. The molecule has 0 radical (unpaired) electrons. The number of pyridine rings is 1. The molecule has 192 valence electrons. The van der Waals surface area contributed by atoms with Crippen molar-refractivity contribution in [3.8, 4) is 23.0 Å². The maximum atomic E-state index is 11.2. The van der Waals surface area contributed by atoms with E-state index < -0.39 is 12.1 Å². The van der Waals surface area contributed by atoms with Gasteiger partial charge in [0, 0.05) is 37.2 Å². The highest BCUT2D eigenvalue weighted by Gasteiger charge is 2.13. The van der Waals surface area contributed by atoms with Gasteiger partial charge in [-0.25, -0.2) is 0 Å². The highest BCUT2D eigenvalue weighted by molar-refractivity contribution is 5.86. The first-order chi connectivity index (χ1) is 18.0. The van der Waals surface area contributed by atoms with Crippen LogP contribution in [0.3, 0.4) is 0 Å². The van der Waals surface area contributed by atoms with Gasteiger partial charge < -0.3 is 29.7 Å². The molecule has 1 heterocycles. The predicted octanol–water partition coefficient (Wildman–Crippen LogP) is 3.89. The Morgan fingerprint density at radius 2 is 1.73 bits per heavy atom. The van der Waals surface area contributed by atoms with Gasteiger partial charge in [0.2, 0.25) is 0 Å². The Hall–Kier alpha value is -3.98. The lowest BCUT2D eigenvalue weighted by Gasteiger charge is -2.19. The molecule has 0 spiro atoms. The van der Waals surface area contributed by atoms with Crippen molar-refractivity contribution in [2.45, 2.75) is 25.5 Å². The van der Waals surface area contributed by atoms with Gasteiger partial charge in [0.1, 0.15) is 35.7 Å². The lowest BCUT2D eigenvalue weighted by molar-refractivity contribution is -0.131. The van der Waals surface area contributed by atoms with E-state index in [0.29, 0.717) is 41.5 Å². The lowest BCUT2D eigenvalue weighted by atomic mass is 10.1. The molecule has 0 saturated carbocycles. The molecule has 8 nitrogen and oxygen atoms in total. The third kappa shape index (κ3) is 7.75. The summed E-state index contributed by atoms with van der Waals surface area (Å²) >= 11 is 0. The molecule has 8 heteroatoms. The number of benzene rings is 3. The van der Waals surface area contributed by atoms with Gasteiger partial charge in [-0.3, -0.25) is 9.78 Å². The molecule has 0 amide bonds. The van der Waals surface area contributed by atoms with E-state index in [0.717, 1.165) is 10.9 Å². The summed E-state index contributed by atoms with van der Waals surface area (Å²) in [6.45, 7) is 1.75. The zero-order valence-corrected chi connectivity index (χ0v) is 20.5. The van der Waals surface area contributed by atoms with Crippen LogP contribution in [-0.4, -0.2) is 53.1 Å². The van der Waals surface area contributed by atoms with E-state index >= 15 is 0 Å². The largest absolute Gasteiger partial charge is 0.491 e. The molecule has 2 atom stereocenters. The normalized spacial score (nSPS) is 12.6. The fraction of sp³-hybridized carbons (Fsp3) is 0.241.